The van der Waals surface area contributed by atoms with Gasteiger partial charge in [-0.1, -0.05) is 82.0 Å². The predicted molar refractivity (Wildman–Crippen MR) is 95.0 cm³/mol. The summed E-state index contributed by atoms with van der Waals surface area (Å²) in [5.41, 5.74) is 1.75. The summed E-state index contributed by atoms with van der Waals surface area (Å²) in [5.74, 6) is 0.846. The van der Waals surface area contributed by atoms with Crippen LogP contribution < -0.4 is 4.74 Å². The predicted octanol–water partition coefficient (Wildman–Crippen LogP) is 5.98. The van der Waals surface area contributed by atoms with Crippen LogP contribution in [0.4, 0.5) is 0 Å². The van der Waals surface area contributed by atoms with E-state index in [1.807, 2.05) is 54.6 Å². The number of ketones is 1. The van der Waals surface area contributed by atoms with E-state index in [4.69, 9.17) is 4.74 Å². The fourth-order valence-electron chi connectivity index (χ4n) is 2.63. The van der Waals surface area contributed by atoms with Crippen molar-refractivity contribution in [1.82, 2.24) is 0 Å². The number of rotatable bonds is 4. The Morgan fingerprint density at radius 1 is 0.913 bits per heavy atom. The van der Waals surface area contributed by atoms with Gasteiger partial charge in [0.05, 0.1) is 12.0 Å². The van der Waals surface area contributed by atoms with E-state index in [9.17, 15) is 4.79 Å². The third kappa shape index (κ3) is 4.95. The van der Waals surface area contributed by atoms with E-state index < -0.39 is 0 Å². The Kier molecular flexibility index (Phi) is 6.86. The van der Waals surface area contributed by atoms with Crippen LogP contribution in [0.15, 0.2) is 54.6 Å². The molecule has 1 unspecified atom stereocenters. The molecule has 1 aliphatic rings. The molecule has 0 amide bonds. The van der Waals surface area contributed by atoms with Crippen molar-refractivity contribution in [2.75, 3.05) is 0 Å². The zero-order valence-electron chi connectivity index (χ0n) is 14.1. The number of ether oxygens (including phenoxy) is 1. The lowest BCUT2D eigenvalue weighted by atomic mass is 9.96. The van der Waals surface area contributed by atoms with Crippen LogP contribution in [0.2, 0.25) is 0 Å². The smallest absolute Gasteiger partial charge is 0.170 e. The number of hydrogen-bond acceptors (Lipinski definition) is 2. The minimum Gasteiger partial charge on any atom is -0.484 e. The molecule has 1 atom stereocenters. The second-order valence-corrected chi connectivity index (χ2v) is 5.85. The fourth-order valence-corrected chi connectivity index (χ4v) is 2.63. The summed E-state index contributed by atoms with van der Waals surface area (Å²) in [4.78, 5) is 12.0. The second-order valence-electron chi connectivity index (χ2n) is 5.85. The molecule has 0 saturated carbocycles. The molecule has 0 aromatic heterocycles. The first-order chi connectivity index (χ1) is 11.3. The zero-order chi connectivity index (χ0) is 16.5. The van der Waals surface area contributed by atoms with Gasteiger partial charge in [-0.3, -0.25) is 4.79 Å². The van der Waals surface area contributed by atoms with Crippen LogP contribution in [0.1, 0.15) is 68.0 Å². The van der Waals surface area contributed by atoms with Gasteiger partial charge >= 0.3 is 0 Å². The van der Waals surface area contributed by atoms with E-state index in [-0.39, 0.29) is 11.9 Å². The third-order valence-electron chi connectivity index (χ3n) is 3.96. The van der Waals surface area contributed by atoms with E-state index in [2.05, 4.69) is 13.8 Å². The van der Waals surface area contributed by atoms with Gasteiger partial charge in [-0.05, 0) is 17.7 Å². The van der Waals surface area contributed by atoms with Gasteiger partial charge in [0.15, 0.2) is 5.78 Å². The lowest BCUT2D eigenvalue weighted by molar-refractivity contribution is 0.0850. The molecule has 1 aliphatic heterocycles. The summed E-state index contributed by atoms with van der Waals surface area (Å²) in [7, 11) is 0. The summed E-state index contributed by atoms with van der Waals surface area (Å²) in [5, 5.41) is 0. The molecule has 1 heterocycles. The van der Waals surface area contributed by atoms with Crippen LogP contribution in [0.5, 0.6) is 5.75 Å². The van der Waals surface area contributed by atoms with Crippen LogP contribution in [-0.2, 0) is 0 Å². The van der Waals surface area contributed by atoms with E-state index >= 15 is 0 Å². The summed E-state index contributed by atoms with van der Waals surface area (Å²) in [6.07, 6.45) is 5.80. The number of para-hydroxylation sites is 1. The maximum atomic E-state index is 12.0. The lowest BCUT2D eigenvalue weighted by Crippen LogP contribution is -2.20. The molecule has 0 aliphatic carbocycles. The van der Waals surface area contributed by atoms with Crippen molar-refractivity contribution < 1.29 is 9.53 Å². The summed E-state index contributed by atoms with van der Waals surface area (Å²) < 4.78 is 5.87. The molecular formula is C21H26O2. The lowest BCUT2D eigenvalue weighted by Gasteiger charge is -2.25. The van der Waals surface area contributed by atoms with Crippen molar-refractivity contribution in [2.45, 2.75) is 52.1 Å². The Hall–Kier alpha value is -2.09. The summed E-state index contributed by atoms with van der Waals surface area (Å²) >= 11 is 0. The number of Topliss-reactive ketones (excluding diaryl/α,β-unsaturated/α-hetero) is 1. The molecule has 23 heavy (non-hydrogen) atoms. The molecule has 2 aromatic carbocycles. The van der Waals surface area contributed by atoms with Crippen LogP contribution >= 0.6 is 0 Å². The van der Waals surface area contributed by atoms with E-state index in [0.29, 0.717) is 17.7 Å². The SMILES string of the molecule is CCCCCC.O=C1CC(c2ccccc2)Oc2ccccc21. The molecule has 0 bridgehead atoms. The highest BCUT2D eigenvalue weighted by atomic mass is 16.5. The topological polar surface area (TPSA) is 26.3 Å². The first kappa shape index (κ1) is 17.3. The van der Waals surface area contributed by atoms with Gasteiger partial charge < -0.3 is 4.74 Å². The molecule has 0 N–H and O–H groups in total. The highest BCUT2D eigenvalue weighted by Crippen LogP contribution is 2.34. The number of unbranched alkanes of at least 4 members (excludes halogenated alkanes) is 3. The van der Waals surface area contributed by atoms with Gasteiger partial charge in [-0.25, -0.2) is 0 Å². The number of carbonyl (C=O) groups is 1. The minimum atomic E-state index is -0.154. The summed E-state index contributed by atoms with van der Waals surface area (Å²) in [6, 6.07) is 17.3. The van der Waals surface area contributed by atoms with Gasteiger partial charge in [0.2, 0.25) is 0 Å². The van der Waals surface area contributed by atoms with Crippen LogP contribution in [0, 0.1) is 0 Å². The van der Waals surface area contributed by atoms with Gasteiger partial charge in [-0.2, -0.15) is 0 Å². The van der Waals surface area contributed by atoms with E-state index in [1.54, 1.807) is 0 Å². The first-order valence-electron chi connectivity index (χ1n) is 8.60. The molecule has 0 radical (unpaired) electrons. The Morgan fingerprint density at radius 2 is 1.52 bits per heavy atom. The molecule has 2 heteroatoms. The normalized spacial score (nSPS) is 15.9. The highest BCUT2D eigenvalue weighted by Gasteiger charge is 2.26. The van der Waals surface area contributed by atoms with Gasteiger partial charge in [0.1, 0.15) is 11.9 Å². The highest BCUT2D eigenvalue weighted by molar-refractivity contribution is 5.99. The number of carbonyl (C=O) groups excluding carboxylic acids is 1. The average molecular weight is 310 g/mol. The van der Waals surface area contributed by atoms with E-state index in [0.717, 1.165) is 5.56 Å². The second kappa shape index (κ2) is 9.14. The van der Waals surface area contributed by atoms with Gasteiger partial charge in [-0.15, -0.1) is 0 Å². The summed E-state index contributed by atoms with van der Waals surface area (Å²) in [6.45, 7) is 4.46. The number of hydrogen-bond donors (Lipinski definition) is 0. The molecule has 2 aromatic rings. The van der Waals surface area contributed by atoms with E-state index in [1.165, 1.54) is 25.7 Å². The van der Waals surface area contributed by atoms with Gasteiger partial charge in [0, 0.05) is 0 Å². The maximum absolute atomic E-state index is 12.0. The molecule has 2 nitrogen and oxygen atoms in total. The van der Waals surface area contributed by atoms with Crippen LogP contribution in [0.3, 0.4) is 0 Å². The molecule has 0 spiro atoms. The first-order valence-corrected chi connectivity index (χ1v) is 8.60. The molecule has 0 saturated heterocycles. The number of benzene rings is 2. The Morgan fingerprint density at radius 3 is 2.17 bits per heavy atom. The molecule has 122 valence electrons. The average Bonchev–Trinajstić information content (AvgIpc) is 2.61. The van der Waals surface area contributed by atoms with Crippen molar-refractivity contribution in [1.29, 1.82) is 0 Å². The Labute approximate surface area is 139 Å². The molecular weight excluding hydrogens is 284 g/mol. The van der Waals surface area contributed by atoms with Crippen molar-refractivity contribution in [3.8, 4) is 5.75 Å². The standard InChI is InChI=1S/C15H12O2.C6H14/c16-13-10-15(11-6-2-1-3-7-11)17-14-9-5-4-8-12(13)14;1-3-5-6-4-2/h1-9,15H,10H2;3-6H2,1-2H3. The quantitative estimate of drug-likeness (QED) is 0.649. The van der Waals surface area contributed by atoms with Crippen molar-refractivity contribution >= 4 is 5.78 Å². The largest absolute Gasteiger partial charge is 0.484 e. The van der Waals surface area contributed by atoms with Crippen LogP contribution in [0.25, 0.3) is 0 Å². The van der Waals surface area contributed by atoms with Crippen molar-refractivity contribution in [2.24, 2.45) is 0 Å². The van der Waals surface area contributed by atoms with Crippen LogP contribution in [-0.4, -0.2) is 5.78 Å². The Balaban J connectivity index is 0.000000277. The monoisotopic (exact) mass is 310 g/mol. The molecule has 3 rings (SSSR count). The van der Waals surface area contributed by atoms with Gasteiger partial charge in [0.25, 0.3) is 0 Å². The molecule has 0 fully saturated rings. The zero-order valence-corrected chi connectivity index (χ0v) is 14.1. The fraction of sp³-hybridized carbons (Fsp3) is 0.381. The Bertz CT molecular complexity index is 600. The van der Waals surface area contributed by atoms with Crippen molar-refractivity contribution in [3.63, 3.8) is 0 Å². The number of fused-ring (bicyclic) bond motifs is 1. The maximum Gasteiger partial charge on any atom is 0.170 e. The van der Waals surface area contributed by atoms with Crippen molar-refractivity contribution in [3.05, 3.63) is 65.7 Å². The minimum absolute atomic E-state index is 0.153. The third-order valence-corrected chi connectivity index (χ3v) is 3.96.